The lowest BCUT2D eigenvalue weighted by Crippen LogP contribution is -2.41. The average Bonchev–Trinajstić information content (AvgIpc) is 3.55. The Labute approximate surface area is 186 Å². The number of benzene rings is 1. The van der Waals surface area contributed by atoms with E-state index in [-0.39, 0.29) is 17.7 Å². The summed E-state index contributed by atoms with van der Waals surface area (Å²) >= 11 is 0. The molecule has 0 aliphatic carbocycles. The van der Waals surface area contributed by atoms with E-state index < -0.39 is 5.41 Å². The van der Waals surface area contributed by atoms with Gasteiger partial charge in [-0.25, -0.2) is 0 Å². The Morgan fingerprint density at radius 1 is 1.12 bits per heavy atom. The maximum Gasteiger partial charge on any atom is 0.253 e. The molecule has 2 saturated heterocycles. The van der Waals surface area contributed by atoms with Crippen LogP contribution in [0.5, 0.6) is 0 Å². The minimum absolute atomic E-state index is 0.0115. The van der Waals surface area contributed by atoms with Crippen molar-refractivity contribution < 1.29 is 14.1 Å². The summed E-state index contributed by atoms with van der Waals surface area (Å²) in [6.45, 7) is 6.34. The fraction of sp³-hybridized carbons (Fsp3) is 0.435. The van der Waals surface area contributed by atoms with Crippen LogP contribution in [0.3, 0.4) is 0 Å². The van der Waals surface area contributed by atoms with E-state index in [0.717, 1.165) is 5.56 Å². The first-order valence-corrected chi connectivity index (χ1v) is 10.9. The van der Waals surface area contributed by atoms with Gasteiger partial charge in [-0.2, -0.15) is 10.1 Å². The van der Waals surface area contributed by atoms with Crippen molar-refractivity contribution in [1.29, 1.82) is 0 Å². The van der Waals surface area contributed by atoms with Crippen molar-refractivity contribution in [1.82, 2.24) is 29.7 Å². The number of hydrogen-bond donors (Lipinski definition) is 0. The maximum atomic E-state index is 13.1. The molecule has 32 heavy (non-hydrogen) atoms. The van der Waals surface area contributed by atoms with E-state index in [9.17, 15) is 9.59 Å². The van der Waals surface area contributed by atoms with E-state index in [4.69, 9.17) is 4.52 Å². The van der Waals surface area contributed by atoms with Crippen molar-refractivity contribution >= 4 is 11.8 Å². The third-order valence-corrected chi connectivity index (χ3v) is 6.54. The second kappa shape index (κ2) is 7.89. The van der Waals surface area contributed by atoms with E-state index in [0.29, 0.717) is 56.4 Å². The van der Waals surface area contributed by atoms with Gasteiger partial charge in [0.2, 0.25) is 11.8 Å². The Hall–Kier alpha value is -3.49. The van der Waals surface area contributed by atoms with Gasteiger partial charge in [0.05, 0.1) is 11.6 Å². The van der Waals surface area contributed by atoms with E-state index in [1.807, 2.05) is 53.3 Å². The number of likely N-dealkylation sites (tertiary alicyclic amines) is 2. The first-order valence-electron chi connectivity index (χ1n) is 10.9. The molecule has 1 aromatic carbocycles. The molecule has 4 heterocycles. The second-order valence-electron chi connectivity index (χ2n) is 8.86. The minimum Gasteiger partial charge on any atom is -0.341 e. The highest BCUT2D eigenvalue weighted by Crippen LogP contribution is 2.44. The fourth-order valence-electron chi connectivity index (χ4n) is 4.93. The number of carbonyl (C=O) groups is 2. The predicted octanol–water partition coefficient (Wildman–Crippen LogP) is 1.83. The monoisotopic (exact) mass is 434 g/mol. The normalized spacial score (nSPS) is 22.4. The Bertz CT molecular complexity index is 1140. The molecule has 0 unspecified atom stereocenters. The van der Waals surface area contributed by atoms with Gasteiger partial charge >= 0.3 is 0 Å². The number of aromatic nitrogens is 4. The molecule has 0 radical (unpaired) electrons. The molecule has 2 aromatic heterocycles. The number of fused-ring (bicyclic) bond motifs is 1. The molecule has 2 aliphatic rings. The molecule has 2 amide bonds. The van der Waals surface area contributed by atoms with E-state index in [2.05, 4.69) is 15.2 Å². The van der Waals surface area contributed by atoms with E-state index in [1.165, 1.54) is 0 Å². The molecule has 2 atom stereocenters. The van der Waals surface area contributed by atoms with Gasteiger partial charge < -0.3 is 14.3 Å². The van der Waals surface area contributed by atoms with Gasteiger partial charge in [-0.1, -0.05) is 23.4 Å². The summed E-state index contributed by atoms with van der Waals surface area (Å²) in [4.78, 5) is 34.4. The van der Waals surface area contributed by atoms with Gasteiger partial charge in [-0.3, -0.25) is 14.3 Å². The Kier molecular flexibility index (Phi) is 5.03. The van der Waals surface area contributed by atoms with Crippen LogP contribution in [0.1, 0.15) is 34.1 Å². The Morgan fingerprint density at radius 3 is 2.56 bits per heavy atom. The molecule has 0 spiro atoms. The zero-order valence-corrected chi connectivity index (χ0v) is 18.3. The number of hydrogen-bond acceptors (Lipinski definition) is 6. The van der Waals surface area contributed by atoms with Crippen LogP contribution in [0.15, 0.2) is 47.2 Å². The summed E-state index contributed by atoms with van der Waals surface area (Å²) in [5, 5.41) is 8.25. The summed E-state index contributed by atoms with van der Waals surface area (Å²) in [7, 11) is 0. The molecule has 0 N–H and O–H groups in total. The van der Waals surface area contributed by atoms with E-state index in [1.54, 1.807) is 17.8 Å². The first kappa shape index (κ1) is 20.4. The summed E-state index contributed by atoms with van der Waals surface area (Å²) in [6, 6.07) is 9.28. The SMILES string of the molecule is Cc1cnn(CCC(=O)N2C[C@H]3CN(C(=O)c4ccccc4)C[C@@]3(c3nc(C)no3)C2)c1. The van der Waals surface area contributed by atoms with Crippen LogP contribution < -0.4 is 0 Å². The fourth-order valence-corrected chi connectivity index (χ4v) is 4.93. The van der Waals surface area contributed by atoms with Crippen LogP contribution in [0, 0.1) is 19.8 Å². The molecule has 9 nitrogen and oxygen atoms in total. The number of amides is 2. The van der Waals surface area contributed by atoms with Crippen LogP contribution in [0.25, 0.3) is 0 Å². The Morgan fingerprint density at radius 2 is 1.88 bits per heavy atom. The molecule has 2 fully saturated rings. The zero-order chi connectivity index (χ0) is 22.3. The predicted molar refractivity (Wildman–Crippen MR) is 115 cm³/mol. The summed E-state index contributed by atoms with van der Waals surface area (Å²) in [6.07, 6.45) is 4.09. The minimum atomic E-state index is -0.538. The van der Waals surface area contributed by atoms with Crippen LogP contribution in [-0.2, 0) is 16.8 Å². The van der Waals surface area contributed by atoms with Crippen molar-refractivity contribution in [2.24, 2.45) is 5.92 Å². The molecule has 5 rings (SSSR count). The van der Waals surface area contributed by atoms with Crippen molar-refractivity contribution in [2.75, 3.05) is 26.2 Å². The third-order valence-electron chi connectivity index (χ3n) is 6.54. The number of rotatable bonds is 5. The van der Waals surface area contributed by atoms with E-state index >= 15 is 0 Å². The lowest BCUT2D eigenvalue weighted by molar-refractivity contribution is -0.130. The number of carbonyl (C=O) groups excluding carboxylic acids is 2. The van der Waals surface area contributed by atoms with Crippen molar-refractivity contribution in [3.8, 4) is 0 Å². The van der Waals surface area contributed by atoms with Crippen molar-refractivity contribution in [3.63, 3.8) is 0 Å². The summed E-state index contributed by atoms with van der Waals surface area (Å²) in [5.41, 5.74) is 1.19. The van der Waals surface area contributed by atoms with Gasteiger partial charge in [0.1, 0.15) is 0 Å². The number of aryl methyl sites for hydroxylation is 3. The summed E-state index contributed by atoms with van der Waals surface area (Å²) in [5.74, 6) is 1.18. The van der Waals surface area contributed by atoms with Crippen LogP contribution >= 0.6 is 0 Å². The van der Waals surface area contributed by atoms with Crippen LogP contribution in [0.2, 0.25) is 0 Å². The lowest BCUT2D eigenvalue weighted by atomic mass is 9.81. The number of nitrogens with zero attached hydrogens (tertiary/aromatic N) is 6. The highest BCUT2D eigenvalue weighted by molar-refractivity contribution is 5.94. The van der Waals surface area contributed by atoms with Gasteiger partial charge in [0.25, 0.3) is 5.91 Å². The average molecular weight is 435 g/mol. The molecule has 9 heteroatoms. The topological polar surface area (TPSA) is 97.4 Å². The lowest BCUT2D eigenvalue weighted by Gasteiger charge is -2.26. The molecule has 0 bridgehead atoms. The van der Waals surface area contributed by atoms with Crippen LogP contribution in [0.4, 0.5) is 0 Å². The first-order chi connectivity index (χ1) is 15.4. The molecular formula is C23H26N6O3. The second-order valence-corrected chi connectivity index (χ2v) is 8.86. The highest BCUT2D eigenvalue weighted by Gasteiger charge is 2.58. The molecule has 3 aromatic rings. The largest absolute Gasteiger partial charge is 0.341 e. The Balaban J connectivity index is 1.34. The van der Waals surface area contributed by atoms with Crippen molar-refractivity contribution in [3.05, 3.63) is 65.6 Å². The molecule has 0 saturated carbocycles. The maximum absolute atomic E-state index is 13.1. The molecular weight excluding hydrogens is 408 g/mol. The van der Waals surface area contributed by atoms with Crippen LogP contribution in [-0.4, -0.2) is 67.7 Å². The van der Waals surface area contributed by atoms with Gasteiger partial charge in [0.15, 0.2) is 5.82 Å². The van der Waals surface area contributed by atoms with Crippen molar-refractivity contribution in [2.45, 2.75) is 32.2 Å². The molecule has 2 aliphatic heterocycles. The highest BCUT2D eigenvalue weighted by atomic mass is 16.5. The summed E-state index contributed by atoms with van der Waals surface area (Å²) < 4.78 is 7.39. The van der Waals surface area contributed by atoms with Gasteiger partial charge in [0, 0.05) is 56.8 Å². The smallest absolute Gasteiger partial charge is 0.253 e. The molecule has 166 valence electrons. The van der Waals surface area contributed by atoms with Gasteiger partial charge in [-0.15, -0.1) is 0 Å². The van der Waals surface area contributed by atoms with Gasteiger partial charge in [-0.05, 0) is 31.5 Å². The zero-order valence-electron chi connectivity index (χ0n) is 18.3. The standard InChI is InChI=1S/C23H26N6O3/c1-16-10-24-29(11-16)9-8-20(30)27-12-19-13-28(21(31)18-6-4-3-5-7-18)15-23(19,14-27)22-25-17(2)26-32-22/h3-7,10-11,19H,8-9,12-15H2,1-2H3/t19-,23-/m0/s1. The quantitative estimate of drug-likeness (QED) is 0.608. The third kappa shape index (κ3) is 3.57.